The highest BCUT2D eigenvalue weighted by atomic mass is 32.2. The molecule has 1 aromatic carbocycles. The quantitative estimate of drug-likeness (QED) is 0.486. The van der Waals surface area contributed by atoms with Crippen LogP contribution in [0.3, 0.4) is 0 Å². The van der Waals surface area contributed by atoms with E-state index in [1.165, 1.54) is 17.3 Å². The van der Waals surface area contributed by atoms with Crippen LogP contribution in [0.15, 0.2) is 23.4 Å². The Morgan fingerprint density at radius 3 is 2.19 bits per heavy atom. The molecule has 0 spiro atoms. The molecule has 0 aliphatic heterocycles. The molecule has 0 saturated carbocycles. The van der Waals surface area contributed by atoms with Crippen molar-refractivity contribution in [1.82, 2.24) is 9.97 Å². The number of rotatable bonds is 4. The van der Waals surface area contributed by atoms with Crippen LogP contribution < -0.4 is 0 Å². The summed E-state index contributed by atoms with van der Waals surface area (Å²) in [6.07, 6.45) is 0. The molecule has 21 heavy (non-hydrogen) atoms. The summed E-state index contributed by atoms with van der Waals surface area (Å²) in [6, 6.07) is 5.83. The van der Waals surface area contributed by atoms with Crippen molar-refractivity contribution in [1.29, 1.82) is 0 Å². The number of benzene rings is 1. The molecule has 1 heterocycles. The number of Topliss-reactive ketones (excluding diaryl/α,β-unsaturated/α-hetero) is 1. The smallest absolute Gasteiger partial charge is 0.188 e. The highest BCUT2D eigenvalue weighted by Crippen LogP contribution is 2.19. The van der Waals surface area contributed by atoms with E-state index in [1.54, 1.807) is 0 Å². The number of ketones is 1. The molecule has 110 valence electrons. The molecule has 0 amide bonds. The van der Waals surface area contributed by atoms with Crippen molar-refractivity contribution in [2.75, 3.05) is 5.75 Å². The van der Waals surface area contributed by atoms with Crippen molar-refractivity contribution >= 4 is 17.5 Å². The van der Waals surface area contributed by atoms with Crippen molar-refractivity contribution in [3.8, 4) is 0 Å². The van der Waals surface area contributed by atoms with E-state index in [-0.39, 0.29) is 5.78 Å². The molecule has 4 heteroatoms. The van der Waals surface area contributed by atoms with E-state index in [2.05, 4.69) is 9.97 Å². The number of aromatic nitrogens is 2. The van der Waals surface area contributed by atoms with E-state index in [4.69, 9.17) is 0 Å². The van der Waals surface area contributed by atoms with Crippen LogP contribution in [0.1, 0.15) is 38.4 Å². The Morgan fingerprint density at radius 1 is 1.00 bits per heavy atom. The summed E-state index contributed by atoms with van der Waals surface area (Å²) in [5.74, 6) is 0.479. The summed E-state index contributed by atoms with van der Waals surface area (Å²) in [5.41, 5.74) is 6.16. The number of nitrogens with zero attached hydrogens (tertiary/aromatic N) is 2. The van der Waals surface area contributed by atoms with Crippen LogP contribution in [0, 0.1) is 34.6 Å². The van der Waals surface area contributed by atoms with Crippen LogP contribution in [0.25, 0.3) is 0 Å². The van der Waals surface area contributed by atoms with E-state index in [1.807, 2.05) is 52.8 Å². The Morgan fingerprint density at radius 2 is 1.62 bits per heavy atom. The van der Waals surface area contributed by atoms with E-state index in [9.17, 15) is 4.79 Å². The maximum atomic E-state index is 12.2. The first-order valence-electron chi connectivity index (χ1n) is 6.93. The number of carbonyl (C=O) groups excluding carboxylic acids is 1. The Hall–Kier alpha value is -1.68. The number of aryl methyl sites for hydroxylation is 4. The maximum Gasteiger partial charge on any atom is 0.188 e. The van der Waals surface area contributed by atoms with E-state index in [0.29, 0.717) is 10.9 Å². The minimum absolute atomic E-state index is 0.114. The molecule has 0 bridgehead atoms. The minimum Gasteiger partial charge on any atom is -0.293 e. The Bertz CT molecular complexity index is 672. The van der Waals surface area contributed by atoms with Gasteiger partial charge >= 0.3 is 0 Å². The molecule has 0 fully saturated rings. The van der Waals surface area contributed by atoms with Gasteiger partial charge in [-0.1, -0.05) is 23.9 Å². The largest absolute Gasteiger partial charge is 0.293 e. The summed E-state index contributed by atoms with van der Waals surface area (Å²) in [6.45, 7) is 10.0. The monoisotopic (exact) mass is 300 g/mol. The van der Waals surface area contributed by atoms with Crippen LogP contribution >= 0.6 is 11.8 Å². The Balaban J connectivity index is 2.09. The lowest BCUT2D eigenvalue weighted by Crippen LogP contribution is -2.05. The van der Waals surface area contributed by atoms with E-state index < -0.39 is 0 Å². The second kappa shape index (κ2) is 6.39. The van der Waals surface area contributed by atoms with Gasteiger partial charge in [0.25, 0.3) is 0 Å². The maximum absolute atomic E-state index is 12.2. The van der Waals surface area contributed by atoms with Crippen LogP contribution in [0.5, 0.6) is 0 Å². The molecular weight excluding hydrogens is 280 g/mol. The summed E-state index contributed by atoms with van der Waals surface area (Å²) in [5, 5.41) is 0.674. The van der Waals surface area contributed by atoms with Crippen molar-refractivity contribution in [2.24, 2.45) is 0 Å². The van der Waals surface area contributed by atoms with Crippen LogP contribution in [-0.4, -0.2) is 21.5 Å². The molecule has 0 saturated heterocycles. The van der Waals surface area contributed by atoms with Gasteiger partial charge in [0.1, 0.15) is 0 Å². The predicted molar refractivity (Wildman–Crippen MR) is 87.2 cm³/mol. The fraction of sp³-hybridized carbons (Fsp3) is 0.353. The summed E-state index contributed by atoms with van der Waals surface area (Å²) in [7, 11) is 0. The lowest BCUT2D eigenvalue weighted by atomic mass is 10.0. The van der Waals surface area contributed by atoms with Gasteiger partial charge in [-0.25, -0.2) is 9.97 Å². The van der Waals surface area contributed by atoms with E-state index in [0.717, 1.165) is 28.1 Å². The van der Waals surface area contributed by atoms with Gasteiger partial charge in [-0.2, -0.15) is 0 Å². The molecule has 0 N–H and O–H groups in total. The molecule has 0 aliphatic carbocycles. The number of hydrogen-bond donors (Lipinski definition) is 0. The topological polar surface area (TPSA) is 42.9 Å². The first-order chi connectivity index (χ1) is 9.88. The van der Waals surface area contributed by atoms with Crippen molar-refractivity contribution in [3.05, 3.63) is 51.8 Å². The van der Waals surface area contributed by atoms with Crippen molar-refractivity contribution < 1.29 is 4.79 Å². The fourth-order valence-corrected chi connectivity index (χ4v) is 2.76. The molecule has 2 aromatic rings. The zero-order valence-corrected chi connectivity index (χ0v) is 14.0. The van der Waals surface area contributed by atoms with Gasteiger partial charge in [0, 0.05) is 17.0 Å². The van der Waals surface area contributed by atoms with E-state index >= 15 is 0 Å². The summed E-state index contributed by atoms with van der Waals surface area (Å²) in [4.78, 5) is 21.1. The molecule has 0 aliphatic rings. The lowest BCUT2D eigenvalue weighted by Gasteiger charge is -2.07. The average molecular weight is 300 g/mol. The fourth-order valence-electron chi connectivity index (χ4n) is 1.93. The molecule has 3 nitrogen and oxygen atoms in total. The molecule has 2 rings (SSSR count). The van der Waals surface area contributed by atoms with Crippen LogP contribution in [0.2, 0.25) is 0 Å². The van der Waals surface area contributed by atoms with Crippen LogP contribution in [0.4, 0.5) is 0 Å². The molecule has 0 atom stereocenters. The van der Waals surface area contributed by atoms with Crippen LogP contribution in [-0.2, 0) is 0 Å². The first kappa shape index (κ1) is 15.7. The molecule has 1 aromatic heterocycles. The zero-order chi connectivity index (χ0) is 15.6. The second-order valence-electron chi connectivity index (χ2n) is 5.31. The molecular formula is C17H20N2OS. The highest BCUT2D eigenvalue weighted by Gasteiger charge is 2.10. The zero-order valence-electron chi connectivity index (χ0n) is 13.2. The van der Waals surface area contributed by atoms with Gasteiger partial charge in [0.15, 0.2) is 10.9 Å². The second-order valence-corrected chi connectivity index (χ2v) is 6.26. The Kier molecular flexibility index (Phi) is 4.78. The van der Waals surface area contributed by atoms with Gasteiger partial charge in [0.2, 0.25) is 0 Å². The van der Waals surface area contributed by atoms with Crippen molar-refractivity contribution in [2.45, 2.75) is 39.8 Å². The molecule has 0 radical (unpaired) electrons. The summed E-state index contributed by atoms with van der Waals surface area (Å²) >= 11 is 1.40. The molecule has 0 unspecified atom stereocenters. The number of hydrogen-bond acceptors (Lipinski definition) is 4. The summed E-state index contributed by atoms with van der Waals surface area (Å²) < 4.78 is 0. The van der Waals surface area contributed by atoms with Gasteiger partial charge < -0.3 is 0 Å². The van der Waals surface area contributed by atoms with Gasteiger partial charge in [-0.05, 0) is 57.4 Å². The number of carbonyl (C=O) groups is 1. The normalized spacial score (nSPS) is 10.7. The number of thioether (sulfide) groups is 1. The predicted octanol–water partition coefficient (Wildman–Crippen LogP) is 3.99. The highest BCUT2D eigenvalue weighted by molar-refractivity contribution is 7.99. The lowest BCUT2D eigenvalue weighted by molar-refractivity contribution is 0.102. The van der Waals surface area contributed by atoms with Gasteiger partial charge in [-0.3, -0.25) is 4.79 Å². The van der Waals surface area contributed by atoms with Gasteiger partial charge in [-0.15, -0.1) is 0 Å². The Labute approximate surface area is 130 Å². The third-order valence-electron chi connectivity index (χ3n) is 3.77. The SMILES string of the molecule is Cc1ccc(C(=O)CSc2nc(C)c(C)c(C)n2)cc1C. The third-order valence-corrected chi connectivity index (χ3v) is 4.62. The van der Waals surface area contributed by atoms with Crippen molar-refractivity contribution in [3.63, 3.8) is 0 Å². The van der Waals surface area contributed by atoms with Gasteiger partial charge in [0.05, 0.1) is 5.75 Å². The standard InChI is InChI=1S/C17H20N2OS/c1-10-6-7-15(8-11(10)2)16(20)9-21-17-18-13(4)12(3)14(5)19-17/h6-8H,9H2,1-5H3. The third kappa shape index (κ3) is 3.70. The minimum atomic E-state index is 0.114. The average Bonchev–Trinajstić information content (AvgIpc) is 2.44. The first-order valence-corrected chi connectivity index (χ1v) is 7.92.